The second-order valence-corrected chi connectivity index (χ2v) is 3.40. The van der Waals surface area contributed by atoms with E-state index in [2.05, 4.69) is 0 Å². The number of hydrogen-bond acceptors (Lipinski definition) is 1. The molecule has 0 aliphatic heterocycles. The first kappa shape index (κ1) is 10.4. The van der Waals surface area contributed by atoms with Crippen molar-refractivity contribution in [2.45, 2.75) is 6.92 Å². The van der Waals surface area contributed by atoms with Crippen LogP contribution in [0.4, 0.5) is 0 Å². The molecule has 0 bridgehead atoms. The Hall–Kier alpha value is -0.590. The van der Waals surface area contributed by atoms with Crippen LogP contribution in [0.1, 0.15) is 6.92 Å². The van der Waals surface area contributed by atoms with Crippen LogP contribution in [0.15, 0.2) is 36.4 Å². The summed E-state index contributed by atoms with van der Waals surface area (Å²) in [6.45, 7) is 1.68. The lowest BCUT2D eigenvalue weighted by Crippen LogP contribution is -1.56. The Morgan fingerprint density at radius 3 is 1.36 bits per heavy atom. The highest BCUT2D eigenvalue weighted by atomic mass is 31.1. The molecule has 0 heterocycles. The molecule has 62 valence electrons. The van der Waals surface area contributed by atoms with Gasteiger partial charge in [0.15, 0.2) is 8.03 Å². The number of hydrogen-bond donors (Lipinski definition) is 1. The predicted molar refractivity (Wildman–Crippen MR) is 48.2 cm³/mol. The van der Waals surface area contributed by atoms with Crippen molar-refractivity contribution in [1.29, 1.82) is 0 Å². The molecule has 1 rings (SSSR count). The molecule has 1 N–H and O–H groups in total. The van der Waals surface area contributed by atoms with Crippen LogP contribution in [0.5, 0.6) is 0 Å². The molecule has 0 spiro atoms. The van der Waals surface area contributed by atoms with E-state index >= 15 is 0 Å². The predicted octanol–water partition coefficient (Wildman–Crippen LogP) is 2.16. The van der Waals surface area contributed by atoms with Crippen LogP contribution in [0.3, 0.4) is 0 Å². The van der Waals surface area contributed by atoms with Crippen molar-refractivity contribution in [1.82, 2.24) is 0 Å². The molecular weight excluding hydrogens is 159 g/mol. The lowest BCUT2D eigenvalue weighted by atomic mass is 10.4. The van der Waals surface area contributed by atoms with Gasteiger partial charge in [-0.25, -0.2) is 0 Å². The van der Waals surface area contributed by atoms with Gasteiger partial charge in [0.25, 0.3) is 0 Å². The fraction of sp³-hybridized carbons (Fsp3) is 0.250. The summed E-state index contributed by atoms with van der Waals surface area (Å²) in [5.74, 6) is 0. The highest BCUT2D eigenvalue weighted by Gasteiger charge is 1.76. The molecule has 3 heteroatoms. The standard InChI is InChI=1S/C6H6.C2H7O2P/c1-2-4-6-5-3-1;1-2-5(3)4/h1-6H;5H,2H2,1H3,(H,3,4). The van der Waals surface area contributed by atoms with E-state index in [0.29, 0.717) is 6.16 Å². The minimum absolute atomic E-state index is 0.407. The lowest BCUT2D eigenvalue weighted by molar-refractivity contribution is 0.504. The summed E-state index contributed by atoms with van der Waals surface area (Å²) in [5, 5.41) is 0. The number of benzene rings is 1. The molecule has 1 atom stereocenters. The Bertz CT molecular complexity index is 160. The second kappa shape index (κ2) is 7.52. The molecule has 11 heavy (non-hydrogen) atoms. The van der Waals surface area contributed by atoms with Crippen molar-refractivity contribution in [3.63, 3.8) is 0 Å². The molecular formula is C8H13O2P. The fourth-order valence-electron chi connectivity index (χ4n) is 0.385. The third-order valence-electron chi connectivity index (χ3n) is 0.969. The van der Waals surface area contributed by atoms with Gasteiger partial charge in [0.2, 0.25) is 0 Å². The highest BCUT2D eigenvalue weighted by Crippen LogP contribution is 2.08. The maximum absolute atomic E-state index is 9.55. The van der Waals surface area contributed by atoms with E-state index in [1.54, 1.807) is 6.92 Å². The topological polar surface area (TPSA) is 37.3 Å². The molecule has 0 aromatic heterocycles. The molecule has 2 nitrogen and oxygen atoms in total. The summed E-state index contributed by atoms with van der Waals surface area (Å²) in [4.78, 5) is 7.91. The van der Waals surface area contributed by atoms with Gasteiger partial charge in [0.1, 0.15) is 0 Å². The van der Waals surface area contributed by atoms with Gasteiger partial charge in [-0.1, -0.05) is 43.3 Å². The molecule has 0 radical (unpaired) electrons. The maximum Gasteiger partial charge on any atom is 0.188 e. The molecule has 1 unspecified atom stereocenters. The summed E-state index contributed by atoms with van der Waals surface area (Å²) in [5.41, 5.74) is 0. The summed E-state index contributed by atoms with van der Waals surface area (Å²) in [6, 6.07) is 12.0. The minimum atomic E-state index is -2.12. The van der Waals surface area contributed by atoms with Crippen molar-refractivity contribution < 1.29 is 9.46 Å². The maximum atomic E-state index is 9.55. The number of rotatable bonds is 1. The van der Waals surface area contributed by atoms with Gasteiger partial charge in [-0.3, -0.25) is 4.57 Å². The van der Waals surface area contributed by atoms with Gasteiger partial charge in [0.05, 0.1) is 0 Å². The van der Waals surface area contributed by atoms with E-state index in [1.165, 1.54) is 0 Å². The molecule has 1 aromatic carbocycles. The average molecular weight is 172 g/mol. The third-order valence-corrected chi connectivity index (χ3v) is 1.57. The lowest BCUT2D eigenvalue weighted by Gasteiger charge is -1.74. The van der Waals surface area contributed by atoms with E-state index in [1.807, 2.05) is 36.4 Å². The Morgan fingerprint density at radius 2 is 1.27 bits per heavy atom. The summed E-state index contributed by atoms with van der Waals surface area (Å²) < 4.78 is 9.55. The normalized spacial score (nSPS) is 11.1. The minimum Gasteiger partial charge on any atom is -0.346 e. The van der Waals surface area contributed by atoms with Crippen LogP contribution in [-0.4, -0.2) is 11.1 Å². The van der Waals surface area contributed by atoms with Gasteiger partial charge >= 0.3 is 0 Å². The molecule has 0 fully saturated rings. The van der Waals surface area contributed by atoms with Crippen LogP contribution in [-0.2, 0) is 4.57 Å². The van der Waals surface area contributed by atoms with Gasteiger partial charge in [0, 0.05) is 6.16 Å². The Kier molecular flexibility index (Phi) is 7.11. The quantitative estimate of drug-likeness (QED) is 0.659. The second-order valence-electron chi connectivity index (χ2n) is 1.90. The van der Waals surface area contributed by atoms with E-state index in [4.69, 9.17) is 4.89 Å². The Morgan fingerprint density at radius 1 is 1.09 bits per heavy atom. The Balaban J connectivity index is 0.000000187. The van der Waals surface area contributed by atoms with Crippen molar-refractivity contribution in [2.24, 2.45) is 0 Å². The summed E-state index contributed by atoms with van der Waals surface area (Å²) in [7, 11) is -2.12. The van der Waals surface area contributed by atoms with Crippen LogP contribution >= 0.6 is 8.03 Å². The van der Waals surface area contributed by atoms with Crippen molar-refractivity contribution in [3.8, 4) is 0 Å². The molecule has 0 amide bonds. The first-order chi connectivity index (χ1) is 5.27. The van der Waals surface area contributed by atoms with Crippen molar-refractivity contribution in [3.05, 3.63) is 36.4 Å². The van der Waals surface area contributed by atoms with Gasteiger partial charge in [-0.05, 0) is 0 Å². The molecule has 0 saturated carbocycles. The Labute approximate surface area is 67.8 Å². The SMILES string of the molecule is CC[PH](=O)O.c1ccccc1. The van der Waals surface area contributed by atoms with Gasteiger partial charge in [-0.15, -0.1) is 0 Å². The zero-order valence-electron chi connectivity index (χ0n) is 6.53. The summed E-state index contributed by atoms with van der Waals surface area (Å²) >= 11 is 0. The van der Waals surface area contributed by atoms with Crippen molar-refractivity contribution >= 4 is 8.03 Å². The van der Waals surface area contributed by atoms with Crippen LogP contribution in [0.25, 0.3) is 0 Å². The monoisotopic (exact) mass is 172 g/mol. The third kappa shape index (κ3) is 9.41. The zero-order valence-corrected chi connectivity index (χ0v) is 7.53. The van der Waals surface area contributed by atoms with Gasteiger partial charge in [-0.2, -0.15) is 0 Å². The van der Waals surface area contributed by atoms with Crippen molar-refractivity contribution in [2.75, 3.05) is 6.16 Å². The van der Waals surface area contributed by atoms with Gasteiger partial charge < -0.3 is 4.89 Å². The first-order valence-corrected chi connectivity index (χ1v) is 5.05. The van der Waals surface area contributed by atoms with E-state index in [0.717, 1.165) is 0 Å². The van der Waals surface area contributed by atoms with Crippen LogP contribution < -0.4 is 0 Å². The average Bonchev–Trinajstić information content (AvgIpc) is 2.09. The zero-order chi connectivity index (χ0) is 8.53. The smallest absolute Gasteiger partial charge is 0.188 e. The van der Waals surface area contributed by atoms with Crippen LogP contribution in [0.2, 0.25) is 0 Å². The fourth-order valence-corrected chi connectivity index (χ4v) is 0.385. The largest absolute Gasteiger partial charge is 0.346 e. The molecule has 1 aromatic rings. The molecule has 0 aliphatic rings. The van der Waals surface area contributed by atoms with E-state index in [9.17, 15) is 4.57 Å². The summed E-state index contributed by atoms with van der Waals surface area (Å²) in [6.07, 6.45) is 0.407. The molecule has 0 aliphatic carbocycles. The van der Waals surface area contributed by atoms with E-state index in [-0.39, 0.29) is 0 Å². The molecule has 0 saturated heterocycles. The highest BCUT2D eigenvalue weighted by molar-refractivity contribution is 7.37. The first-order valence-electron chi connectivity index (χ1n) is 3.49. The van der Waals surface area contributed by atoms with Crippen LogP contribution in [0, 0.1) is 0 Å². The van der Waals surface area contributed by atoms with E-state index < -0.39 is 8.03 Å².